The summed E-state index contributed by atoms with van der Waals surface area (Å²) in [5, 5.41) is 4.04. The van der Waals surface area contributed by atoms with Crippen LogP contribution in [0, 0.1) is 25.5 Å². The second-order valence-corrected chi connectivity index (χ2v) is 3.46. The maximum atomic E-state index is 13.5. The quantitative estimate of drug-likeness (QED) is 0.802. The lowest BCUT2D eigenvalue weighted by Gasteiger charge is -2.04. The minimum atomic E-state index is -0.773. The average molecular weight is 224 g/mol. The van der Waals surface area contributed by atoms with Crippen LogP contribution in [0.15, 0.2) is 12.3 Å². The Morgan fingerprint density at radius 2 is 2.00 bits per heavy atom. The van der Waals surface area contributed by atoms with E-state index < -0.39 is 11.6 Å². The number of halogens is 2. The van der Waals surface area contributed by atoms with Gasteiger partial charge in [-0.05, 0) is 13.8 Å². The molecule has 84 valence electrons. The Kier molecular flexibility index (Phi) is 2.34. The molecule has 0 fully saturated rings. The van der Waals surface area contributed by atoms with E-state index in [0.717, 1.165) is 12.3 Å². The van der Waals surface area contributed by atoms with Crippen molar-refractivity contribution in [3.63, 3.8) is 0 Å². The maximum Gasteiger partial charge on any atom is 0.190 e. The molecule has 0 radical (unpaired) electrons. The van der Waals surface area contributed by atoms with E-state index in [1.54, 1.807) is 13.8 Å². The predicted molar refractivity (Wildman–Crippen MR) is 55.2 cm³/mol. The van der Waals surface area contributed by atoms with Crippen molar-refractivity contribution in [1.29, 1.82) is 0 Å². The number of aryl methyl sites for hydroxylation is 1. The minimum absolute atomic E-state index is 0.0568. The first-order valence-corrected chi connectivity index (χ1v) is 4.64. The van der Waals surface area contributed by atoms with Gasteiger partial charge in [0, 0.05) is 6.07 Å². The molecule has 2 aromatic rings. The number of nitrogens with zero attached hydrogens (tertiary/aromatic N) is 3. The van der Waals surface area contributed by atoms with E-state index in [0.29, 0.717) is 17.1 Å². The lowest BCUT2D eigenvalue weighted by atomic mass is 10.3. The van der Waals surface area contributed by atoms with Gasteiger partial charge >= 0.3 is 0 Å². The molecule has 0 aliphatic carbocycles. The Balaban J connectivity index is 2.63. The highest BCUT2D eigenvalue weighted by Crippen LogP contribution is 2.20. The maximum absolute atomic E-state index is 13.5. The molecule has 0 bridgehead atoms. The van der Waals surface area contributed by atoms with Crippen molar-refractivity contribution in [3.05, 3.63) is 35.3 Å². The van der Waals surface area contributed by atoms with Crippen LogP contribution in [0.25, 0.3) is 5.82 Å². The lowest BCUT2D eigenvalue weighted by molar-refractivity contribution is 0.558. The molecule has 2 heterocycles. The van der Waals surface area contributed by atoms with E-state index in [1.807, 2.05) is 0 Å². The summed E-state index contributed by atoms with van der Waals surface area (Å²) in [6, 6.07) is 0.759. The third-order valence-electron chi connectivity index (χ3n) is 2.34. The van der Waals surface area contributed by atoms with Crippen LogP contribution in [0.3, 0.4) is 0 Å². The van der Waals surface area contributed by atoms with Crippen molar-refractivity contribution in [3.8, 4) is 5.82 Å². The summed E-state index contributed by atoms with van der Waals surface area (Å²) in [5.41, 5.74) is 7.35. The van der Waals surface area contributed by atoms with Crippen molar-refractivity contribution in [2.75, 3.05) is 5.73 Å². The van der Waals surface area contributed by atoms with Gasteiger partial charge in [-0.2, -0.15) is 5.10 Å². The van der Waals surface area contributed by atoms with Gasteiger partial charge < -0.3 is 5.73 Å². The fraction of sp³-hybridized carbons (Fsp3) is 0.200. The summed E-state index contributed by atoms with van der Waals surface area (Å²) in [4.78, 5) is 3.66. The second kappa shape index (κ2) is 3.55. The highest BCUT2D eigenvalue weighted by Gasteiger charge is 2.14. The first-order chi connectivity index (χ1) is 7.50. The van der Waals surface area contributed by atoms with Crippen molar-refractivity contribution < 1.29 is 8.78 Å². The van der Waals surface area contributed by atoms with E-state index in [-0.39, 0.29) is 5.82 Å². The molecule has 0 aliphatic heterocycles. The highest BCUT2D eigenvalue weighted by molar-refractivity contribution is 5.49. The molecule has 2 aromatic heterocycles. The molecule has 0 saturated heterocycles. The number of pyridine rings is 1. The predicted octanol–water partition coefficient (Wildman–Crippen LogP) is 1.74. The molecule has 0 saturated carbocycles. The fourth-order valence-corrected chi connectivity index (χ4v) is 1.42. The smallest absolute Gasteiger partial charge is 0.190 e. The standard InChI is InChI=1S/C10H10F2N4/c1-5-9(13)6(2)16(15-5)10-8(12)3-7(11)4-14-10/h3-4H,13H2,1-2H3. The number of hydrogen-bond donors (Lipinski definition) is 1. The molecule has 2 N–H and O–H groups in total. The number of nitrogens with two attached hydrogens (primary N) is 1. The van der Waals surface area contributed by atoms with Crippen LogP contribution in [0.1, 0.15) is 11.4 Å². The molecular weight excluding hydrogens is 214 g/mol. The topological polar surface area (TPSA) is 56.7 Å². The number of aromatic nitrogens is 3. The molecule has 4 nitrogen and oxygen atoms in total. The van der Waals surface area contributed by atoms with Gasteiger partial charge in [0.15, 0.2) is 11.6 Å². The van der Waals surface area contributed by atoms with E-state index in [4.69, 9.17) is 5.73 Å². The zero-order chi connectivity index (χ0) is 11.9. The number of hydrogen-bond acceptors (Lipinski definition) is 3. The van der Waals surface area contributed by atoms with Crippen LogP contribution in [-0.2, 0) is 0 Å². The lowest BCUT2D eigenvalue weighted by Crippen LogP contribution is -2.05. The largest absolute Gasteiger partial charge is 0.396 e. The van der Waals surface area contributed by atoms with Gasteiger partial charge in [-0.25, -0.2) is 18.4 Å². The Morgan fingerprint density at radius 1 is 1.31 bits per heavy atom. The van der Waals surface area contributed by atoms with Gasteiger partial charge in [0.2, 0.25) is 0 Å². The molecule has 0 unspecified atom stereocenters. The number of nitrogen functional groups attached to an aromatic ring is 1. The minimum Gasteiger partial charge on any atom is -0.396 e. The van der Waals surface area contributed by atoms with Gasteiger partial charge in [0.05, 0.1) is 23.3 Å². The van der Waals surface area contributed by atoms with E-state index >= 15 is 0 Å². The summed E-state index contributed by atoms with van der Waals surface area (Å²) in [5.74, 6) is -1.56. The summed E-state index contributed by atoms with van der Waals surface area (Å²) in [6.45, 7) is 3.40. The van der Waals surface area contributed by atoms with E-state index in [2.05, 4.69) is 10.1 Å². The Morgan fingerprint density at radius 3 is 2.50 bits per heavy atom. The molecule has 2 rings (SSSR count). The number of rotatable bonds is 1. The Bertz CT molecular complexity index is 548. The first-order valence-electron chi connectivity index (χ1n) is 4.64. The van der Waals surface area contributed by atoms with Crippen LogP contribution in [0.5, 0.6) is 0 Å². The third-order valence-corrected chi connectivity index (χ3v) is 2.34. The van der Waals surface area contributed by atoms with Crippen molar-refractivity contribution in [1.82, 2.24) is 14.8 Å². The highest BCUT2D eigenvalue weighted by atomic mass is 19.1. The molecule has 0 amide bonds. The van der Waals surface area contributed by atoms with Crippen LogP contribution < -0.4 is 5.73 Å². The Hall–Kier alpha value is -1.98. The molecular formula is C10H10F2N4. The zero-order valence-corrected chi connectivity index (χ0v) is 8.83. The fourth-order valence-electron chi connectivity index (χ4n) is 1.42. The summed E-state index contributed by atoms with van der Waals surface area (Å²) >= 11 is 0. The van der Waals surface area contributed by atoms with Crippen LogP contribution in [-0.4, -0.2) is 14.8 Å². The summed E-state index contributed by atoms with van der Waals surface area (Å²) in [7, 11) is 0. The van der Waals surface area contributed by atoms with Gasteiger partial charge in [0.1, 0.15) is 5.82 Å². The van der Waals surface area contributed by atoms with Crippen molar-refractivity contribution in [2.45, 2.75) is 13.8 Å². The van der Waals surface area contributed by atoms with Crippen molar-refractivity contribution in [2.24, 2.45) is 0 Å². The van der Waals surface area contributed by atoms with Gasteiger partial charge in [-0.3, -0.25) is 0 Å². The average Bonchev–Trinajstić information content (AvgIpc) is 2.46. The zero-order valence-electron chi connectivity index (χ0n) is 8.83. The molecule has 16 heavy (non-hydrogen) atoms. The molecule has 0 spiro atoms. The van der Waals surface area contributed by atoms with Crippen LogP contribution in [0.2, 0.25) is 0 Å². The second-order valence-electron chi connectivity index (χ2n) is 3.46. The monoisotopic (exact) mass is 224 g/mol. The summed E-state index contributed by atoms with van der Waals surface area (Å²) in [6.07, 6.45) is 0.936. The van der Waals surface area contributed by atoms with E-state index in [1.165, 1.54) is 4.68 Å². The molecule has 0 atom stereocenters. The molecule has 6 heteroatoms. The first kappa shape index (κ1) is 10.5. The van der Waals surface area contributed by atoms with Gasteiger partial charge in [0.25, 0.3) is 0 Å². The number of anilines is 1. The third kappa shape index (κ3) is 1.52. The Labute approximate surface area is 90.7 Å². The van der Waals surface area contributed by atoms with Crippen LogP contribution >= 0.6 is 0 Å². The molecule has 0 aromatic carbocycles. The van der Waals surface area contributed by atoms with Gasteiger partial charge in [-0.1, -0.05) is 0 Å². The summed E-state index contributed by atoms with van der Waals surface area (Å²) < 4.78 is 27.4. The molecule has 0 aliphatic rings. The normalized spacial score (nSPS) is 10.8. The van der Waals surface area contributed by atoms with E-state index in [9.17, 15) is 8.78 Å². The van der Waals surface area contributed by atoms with Gasteiger partial charge in [-0.15, -0.1) is 0 Å². The SMILES string of the molecule is Cc1nn(-c2ncc(F)cc2F)c(C)c1N. The van der Waals surface area contributed by atoms with Crippen molar-refractivity contribution >= 4 is 5.69 Å². The van der Waals surface area contributed by atoms with Crippen LogP contribution in [0.4, 0.5) is 14.5 Å².